The fourth-order valence-corrected chi connectivity index (χ4v) is 4.98. The number of thiazole rings is 1. The summed E-state index contributed by atoms with van der Waals surface area (Å²) in [5.74, 6) is 0.280. The van der Waals surface area contributed by atoms with Gasteiger partial charge in [-0.15, -0.1) is 11.3 Å². The topological polar surface area (TPSA) is 62.3 Å². The molecule has 0 bridgehead atoms. The summed E-state index contributed by atoms with van der Waals surface area (Å²) >= 11 is 1.69. The van der Waals surface area contributed by atoms with Gasteiger partial charge in [0.15, 0.2) is 0 Å². The average Bonchev–Trinajstić information content (AvgIpc) is 2.91. The smallest absolute Gasteiger partial charge is 0.147 e. The lowest BCUT2D eigenvalue weighted by molar-refractivity contribution is 0.195. The fourth-order valence-electron chi connectivity index (χ4n) is 3.68. The highest BCUT2D eigenvalue weighted by atomic mass is 32.2. The van der Waals surface area contributed by atoms with Crippen molar-refractivity contribution in [2.45, 2.75) is 38.3 Å². The molecule has 1 aromatic heterocycles. The lowest BCUT2D eigenvalue weighted by Crippen LogP contribution is -2.36. The van der Waals surface area contributed by atoms with Gasteiger partial charge in [0, 0.05) is 23.9 Å². The summed E-state index contributed by atoms with van der Waals surface area (Å²) in [7, 11) is -2.87. The summed E-state index contributed by atoms with van der Waals surface area (Å²) in [4.78, 5) is 6.88. The molecule has 1 aromatic rings. The van der Waals surface area contributed by atoms with E-state index in [9.17, 15) is 8.42 Å². The van der Waals surface area contributed by atoms with Gasteiger partial charge in [-0.1, -0.05) is 0 Å². The zero-order valence-electron chi connectivity index (χ0n) is 13.1. The number of nitrogens with zero attached hydrogens (tertiary/aromatic N) is 2. The van der Waals surface area contributed by atoms with E-state index >= 15 is 0 Å². The van der Waals surface area contributed by atoms with E-state index in [1.54, 1.807) is 11.3 Å². The van der Waals surface area contributed by atoms with Crippen LogP contribution in [-0.2, 0) is 16.4 Å². The molecule has 124 valence electrons. The predicted octanol–water partition coefficient (Wildman–Crippen LogP) is 1.52. The number of hydrogen-bond donors (Lipinski definition) is 1. The van der Waals surface area contributed by atoms with Crippen LogP contribution in [0.15, 0.2) is 11.6 Å². The molecule has 1 atom stereocenters. The van der Waals surface area contributed by atoms with Crippen LogP contribution in [0.2, 0.25) is 0 Å². The first-order valence-corrected chi connectivity index (χ1v) is 10.9. The van der Waals surface area contributed by atoms with Gasteiger partial charge in [-0.05, 0) is 50.7 Å². The van der Waals surface area contributed by atoms with Crippen molar-refractivity contribution in [3.8, 4) is 0 Å². The van der Waals surface area contributed by atoms with E-state index in [1.165, 1.54) is 25.5 Å². The number of rotatable bonds is 7. The third-order valence-electron chi connectivity index (χ3n) is 4.97. The van der Waals surface area contributed by atoms with E-state index in [1.807, 2.05) is 11.6 Å². The molecular formula is C15H25N3O2S2. The predicted molar refractivity (Wildman–Crippen MR) is 89.8 cm³/mol. The van der Waals surface area contributed by atoms with Crippen molar-refractivity contribution in [1.29, 1.82) is 0 Å². The molecule has 1 aliphatic carbocycles. The molecule has 5 nitrogen and oxygen atoms in total. The van der Waals surface area contributed by atoms with Crippen LogP contribution in [0.25, 0.3) is 0 Å². The highest BCUT2D eigenvalue weighted by Crippen LogP contribution is 2.56. The first-order chi connectivity index (χ1) is 10.5. The highest BCUT2D eigenvalue weighted by molar-refractivity contribution is 7.90. The Labute approximate surface area is 137 Å². The van der Waals surface area contributed by atoms with Gasteiger partial charge < -0.3 is 5.32 Å². The minimum Gasteiger partial charge on any atom is -0.317 e. The lowest BCUT2D eigenvalue weighted by atomic mass is 9.93. The van der Waals surface area contributed by atoms with Crippen LogP contribution >= 0.6 is 11.3 Å². The van der Waals surface area contributed by atoms with E-state index < -0.39 is 9.84 Å². The quantitative estimate of drug-likeness (QED) is 0.813. The normalized spacial score (nSPS) is 24.0. The lowest BCUT2D eigenvalue weighted by Gasteiger charge is -2.29. The van der Waals surface area contributed by atoms with Crippen LogP contribution in [-0.4, -0.2) is 56.0 Å². The largest absolute Gasteiger partial charge is 0.317 e. The summed E-state index contributed by atoms with van der Waals surface area (Å²) in [6.45, 7) is 3.95. The van der Waals surface area contributed by atoms with E-state index in [-0.39, 0.29) is 5.75 Å². The molecule has 1 aliphatic heterocycles. The maximum absolute atomic E-state index is 11.4. The maximum Gasteiger partial charge on any atom is 0.147 e. The molecular weight excluding hydrogens is 318 g/mol. The van der Waals surface area contributed by atoms with E-state index in [0.717, 1.165) is 37.6 Å². The number of sulfone groups is 1. The third kappa shape index (κ3) is 4.07. The zero-order chi connectivity index (χ0) is 15.6. The second kappa shape index (κ2) is 6.55. The fraction of sp³-hybridized carbons (Fsp3) is 0.800. The van der Waals surface area contributed by atoms with Crippen molar-refractivity contribution in [3.63, 3.8) is 0 Å². The Morgan fingerprint density at radius 1 is 1.45 bits per heavy atom. The Kier molecular flexibility index (Phi) is 4.87. The Morgan fingerprint density at radius 2 is 2.23 bits per heavy atom. The molecule has 0 aromatic carbocycles. The molecule has 1 N–H and O–H groups in total. The van der Waals surface area contributed by atoms with Gasteiger partial charge in [-0.3, -0.25) is 4.90 Å². The van der Waals surface area contributed by atoms with Crippen molar-refractivity contribution in [2.75, 3.05) is 31.6 Å². The first-order valence-electron chi connectivity index (χ1n) is 7.99. The molecule has 3 rings (SSSR count). The molecule has 1 saturated carbocycles. The van der Waals surface area contributed by atoms with E-state index in [4.69, 9.17) is 0 Å². The van der Waals surface area contributed by atoms with Crippen LogP contribution in [0.5, 0.6) is 0 Å². The third-order valence-corrected chi connectivity index (χ3v) is 6.76. The van der Waals surface area contributed by atoms with Crippen molar-refractivity contribution in [3.05, 3.63) is 16.6 Å². The van der Waals surface area contributed by atoms with Crippen LogP contribution < -0.4 is 5.32 Å². The van der Waals surface area contributed by atoms with Crippen LogP contribution in [0.4, 0.5) is 0 Å². The molecule has 2 fully saturated rings. The maximum atomic E-state index is 11.4. The Bertz CT molecular complexity index is 580. The standard InChI is InChI=1S/C15H25N3O2S2/c1-22(19,20)10-2-8-18(12-14-17-7-9-21-14)13-11-15(13)3-5-16-6-4-15/h7,9,13,16H,2-6,8,10-12H2,1H3. The minimum atomic E-state index is -2.87. The van der Waals surface area contributed by atoms with Gasteiger partial charge >= 0.3 is 0 Å². The van der Waals surface area contributed by atoms with Crippen molar-refractivity contribution in [1.82, 2.24) is 15.2 Å². The zero-order valence-corrected chi connectivity index (χ0v) is 14.8. The van der Waals surface area contributed by atoms with Gasteiger partial charge in [0.25, 0.3) is 0 Å². The van der Waals surface area contributed by atoms with Crippen LogP contribution in [0, 0.1) is 5.41 Å². The monoisotopic (exact) mass is 343 g/mol. The van der Waals surface area contributed by atoms with Gasteiger partial charge in [0.2, 0.25) is 0 Å². The van der Waals surface area contributed by atoms with Gasteiger partial charge in [-0.25, -0.2) is 13.4 Å². The SMILES string of the molecule is CS(=O)(=O)CCCN(Cc1nccs1)C1CC12CCNCC2. The molecule has 0 amide bonds. The molecule has 1 saturated heterocycles. The number of piperidine rings is 1. The molecule has 2 heterocycles. The van der Waals surface area contributed by atoms with Crippen molar-refractivity contribution in [2.24, 2.45) is 5.41 Å². The molecule has 22 heavy (non-hydrogen) atoms. The molecule has 7 heteroatoms. The summed E-state index contributed by atoms with van der Waals surface area (Å²) in [6, 6.07) is 0.609. The molecule has 1 unspecified atom stereocenters. The molecule has 1 spiro atoms. The Morgan fingerprint density at radius 3 is 2.86 bits per heavy atom. The van der Waals surface area contributed by atoms with E-state index in [0.29, 0.717) is 11.5 Å². The average molecular weight is 344 g/mol. The van der Waals surface area contributed by atoms with Gasteiger partial charge in [0.05, 0.1) is 12.3 Å². The van der Waals surface area contributed by atoms with Crippen LogP contribution in [0.1, 0.15) is 30.7 Å². The molecule has 2 aliphatic rings. The van der Waals surface area contributed by atoms with Crippen molar-refractivity contribution >= 4 is 21.2 Å². The van der Waals surface area contributed by atoms with Crippen LogP contribution in [0.3, 0.4) is 0 Å². The first kappa shape index (κ1) is 16.4. The summed E-state index contributed by atoms with van der Waals surface area (Å²) in [5.41, 5.74) is 0.480. The second-order valence-electron chi connectivity index (χ2n) is 6.71. The number of hydrogen-bond acceptors (Lipinski definition) is 6. The minimum absolute atomic E-state index is 0.280. The number of nitrogens with one attached hydrogen (secondary N) is 1. The summed E-state index contributed by atoms with van der Waals surface area (Å²) in [6.07, 6.45) is 7.65. The van der Waals surface area contributed by atoms with Gasteiger partial charge in [0.1, 0.15) is 14.8 Å². The summed E-state index contributed by atoms with van der Waals surface area (Å²) in [5, 5.41) is 6.59. The van der Waals surface area contributed by atoms with E-state index in [2.05, 4.69) is 15.2 Å². The van der Waals surface area contributed by atoms with Gasteiger partial charge in [-0.2, -0.15) is 0 Å². The summed E-state index contributed by atoms with van der Waals surface area (Å²) < 4.78 is 22.7. The Balaban J connectivity index is 1.61. The second-order valence-corrected chi connectivity index (χ2v) is 9.95. The number of aromatic nitrogens is 1. The van der Waals surface area contributed by atoms with Crippen molar-refractivity contribution < 1.29 is 8.42 Å². The molecule has 0 radical (unpaired) electrons. The highest BCUT2D eigenvalue weighted by Gasteiger charge is 2.56. The Hall–Kier alpha value is -0.500.